The monoisotopic (exact) mass is 417 g/mol. The van der Waals surface area contributed by atoms with Crippen molar-refractivity contribution in [2.75, 3.05) is 13.7 Å². The molecule has 0 unspecified atom stereocenters. The molecule has 0 spiro atoms. The van der Waals surface area contributed by atoms with Gasteiger partial charge in [0, 0.05) is 6.54 Å². The first-order valence-electron chi connectivity index (χ1n) is 6.16. The van der Waals surface area contributed by atoms with E-state index in [-0.39, 0.29) is 47.8 Å². The summed E-state index contributed by atoms with van der Waals surface area (Å²) in [4.78, 5) is 3.90. The average Bonchev–Trinajstić information content (AvgIpc) is 2.41. The molecule has 1 aromatic rings. The first-order valence-corrected chi connectivity index (χ1v) is 6.16. The third-order valence-corrected chi connectivity index (χ3v) is 2.60. The molecule has 0 saturated heterocycles. The zero-order valence-corrected chi connectivity index (χ0v) is 14.2. The molecule has 4 nitrogen and oxygen atoms in total. The van der Waals surface area contributed by atoms with Gasteiger partial charge in [0.15, 0.2) is 5.96 Å². The average molecular weight is 417 g/mol. The molecule has 0 saturated carbocycles. The van der Waals surface area contributed by atoms with E-state index in [2.05, 4.69) is 10.3 Å². The highest BCUT2D eigenvalue weighted by molar-refractivity contribution is 14.0. The van der Waals surface area contributed by atoms with Crippen molar-refractivity contribution < 1.29 is 17.9 Å². The highest BCUT2D eigenvalue weighted by Gasteiger charge is 2.33. The lowest BCUT2D eigenvalue weighted by Crippen LogP contribution is -2.32. The molecule has 0 radical (unpaired) electrons. The van der Waals surface area contributed by atoms with E-state index in [1.807, 2.05) is 6.92 Å². The van der Waals surface area contributed by atoms with E-state index in [4.69, 9.17) is 10.5 Å². The van der Waals surface area contributed by atoms with Gasteiger partial charge in [-0.1, -0.05) is 13.0 Å². The minimum atomic E-state index is -4.45. The van der Waals surface area contributed by atoms with Crippen LogP contribution < -0.4 is 15.8 Å². The fourth-order valence-corrected chi connectivity index (χ4v) is 1.56. The Kier molecular flexibility index (Phi) is 8.45. The van der Waals surface area contributed by atoms with Crippen LogP contribution in [0.15, 0.2) is 23.2 Å². The normalized spacial score (nSPS) is 11.8. The van der Waals surface area contributed by atoms with E-state index in [0.717, 1.165) is 12.5 Å². The van der Waals surface area contributed by atoms with Crippen LogP contribution in [0.3, 0.4) is 0 Å². The lowest BCUT2D eigenvalue weighted by molar-refractivity contribution is -0.138. The Morgan fingerprint density at radius 3 is 2.57 bits per heavy atom. The maximum absolute atomic E-state index is 12.9. The second-order valence-corrected chi connectivity index (χ2v) is 4.15. The Bertz CT molecular complexity index is 478. The Hall–Kier alpha value is -1.19. The fourth-order valence-electron chi connectivity index (χ4n) is 1.56. The molecule has 0 aliphatic rings. The molecule has 0 atom stereocenters. The molecule has 1 rings (SSSR count). The van der Waals surface area contributed by atoms with Crippen LogP contribution in [-0.2, 0) is 12.7 Å². The van der Waals surface area contributed by atoms with E-state index < -0.39 is 11.7 Å². The SMILES string of the molecule is CCCNC(N)=NCc1ccc(OC)cc1C(F)(F)F.I. The van der Waals surface area contributed by atoms with Gasteiger partial charge in [0.2, 0.25) is 0 Å². The second kappa shape index (κ2) is 8.96. The number of rotatable bonds is 5. The van der Waals surface area contributed by atoms with Crippen LogP contribution in [-0.4, -0.2) is 19.6 Å². The van der Waals surface area contributed by atoms with Gasteiger partial charge >= 0.3 is 6.18 Å². The standard InChI is InChI=1S/C13H18F3N3O.HI/c1-3-6-18-12(17)19-8-9-4-5-10(20-2)7-11(9)13(14,15)16;/h4-5,7H,3,6,8H2,1-2H3,(H3,17,18,19);1H. The van der Waals surface area contributed by atoms with Crippen LogP contribution in [0.4, 0.5) is 13.2 Å². The van der Waals surface area contributed by atoms with Crippen LogP contribution in [0.2, 0.25) is 0 Å². The predicted octanol–water partition coefficient (Wildman–Crippen LogP) is 3.15. The number of nitrogens with one attached hydrogen (secondary N) is 1. The first-order chi connectivity index (χ1) is 9.38. The first kappa shape index (κ1) is 19.8. The number of alkyl halides is 3. The van der Waals surface area contributed by atoms with Gasteiger partial charge in [-0.2, -0.15) is 13.2 Å². The number of nitrogens with zero attached hydrogens (tertiary/aromatic N) is 1. The van der Waals surface area contributed by atoms with Gasteiger partial charge < -0.3 is 15.8 Å². The van der Waals surface area contributed by atoms with Crippen LogP contribution in [0.25, 0.3) is 0 Å². The number of halogens is 4. The minimum absolute atomic E-state index is 0. The summed E-state index contributed by atoms with van der Waals surface area (Å²) in [5, 5.41) is 2.81. The number of methoxy groups -OCH3 is 1. The number of guanidine groups is 1. The summed E-state index contributed by atoms with van der Waals surface area (Å²) in [6.07, 6.45) is -3.60. The summed E-state index contributed by atoms with van der Waals surface area (Å²) in [7, 11) is 1.32. The van der Waals surface area contributed by atoms with Crippen LogP contribution in [0, 0.1) is 0 Å². The van der Waals surface area contributed by atoms with Crippen molar-refractivity contribution >= 4 is 29.9 Å². The van der Waals surface area contributed by atoms with Crippen molar-refractivity contribution in [1.82, 2.24) is 5.32 Å². The highest BCUT2D eigenvalue weighted by Crippen LogP contribution is 2.34. The largest absolute Gasteiger partial charge is 0.497 e. The number of aliphatic imine (C=N–C) groups is 1. The van der Waals surface area contributed by atoms with Gasteiger partial charge in [-0.3, -0.25) is 0 Å². The molecule has 0 aliphatic carbocycles. The van der Waals surface area contributed by atoms with Gasteiger partial charge in [0.1, 0.15) is 5.75 Å². The predicted molar refractivity (Wildman–Crippen MR) is 87.0 cm³/mol. The molecule has 21 heavy (non-hydrogen) atoms. The summed E-state index contributed by atoms with van der Waals surface area (Å²) in [6, 6.07) is 3.77. The lowest BCUT2D eigenvalue weighted by Gasteiger charge is -2.13. The Morgan fingerprint density at radius 2 is 2.05 bits per heavy atom. The van der Waals surface area contributed by atoms with Crippen LogP contribution in [0.5, 0.6) is 5.75 Å². The Morgan fingerprint density at radius 1 is 1.38 bits per heavy atom. The molecular formula is C13H19F3IN3O. The molecule has 0 heterocycles. The molecule has 1 aromatic carbocycles. The molecule has 0 aliphatic heterocycles. The van der Waals surface area contributed by atoms with Crippen molar-refractivity contribution in [2.45, 2.75) is 26.1 Å². The zero-order chi connectivity index (χ0) is 15.2. The van der Waals surface area contributed by atoms with Gasteiger partial charge in [-0.25, -0.2) is 4.99 Å². The number of hydrogen-bond acceptors (Lipinski definition) is 2. The third-order valence-electron chi connectivity index (χ3n) is 2.60. The van der Waals surface area contributed by atoms with Crippen LogP contribution >= 0.6 is 24.0 Å². The summed E-state index contributed by atoms with van der Waals surface area (Å²) in [5.41, 5.74) is 4.85. The molecule has 120 valence electrons. The van der Waals surface area contributed by atoms with Crippen molar-refractivity contribution in [1.29, 1.82) is 0 Å². The summed E-state index contributed by atoms with van der Waals surface area (Å²) >= 11 is 0. The van der Waals surface area contributed by atoms with Gasteiger partial charge in [-0.05, 0) is 24.1 Å². The molecule has 0 amide bonds. The topological polar surface area (TPSA) is 59.6 Å². The number of benzene rings is 1. The second-order valence-electron chi connectivity index (χ2n) is 4.15. The maximum Gasteiger partial charge on any atom is 0.416 e. The Balaban J connectivity index is 0.00000400. The molecule has 3 N–H and O–H groups in total. The molecule has 0 bridgehead atoms. The maximum atomic E-state index is 12.9. The Labute approximate surface area is 139 Å². The van der Waals surface area contributed by atoms with Crippen LogP contribution in [0.1, 0.15) is 24.5 Å². The van der Waals surface area contributed by atoms with E-state index >= 15 is 0 Å². The van der Waals surface area contributed by atoms with Gasteiger partial charge in [0.05, 0.1) is 19.2 Å². The van der Waals surface area contributed by atoms with E-state index in [9.17, 15) is 13.2 Å². The molecule has 0 fully saturated rings. The molecular weight excluding hydrogens is 398 g/mol. The fraction of sp³-hybridized carbons (Fsp3) is 0.462. The van der Waals surface area contributed by atoms with Crippen molar-refractivity contribution in [3.05, 3.63) is 29.3 Å². The number of nitrogens with two attached hydrogens (primary N) is 1. The minimum Gasteiger partial charge on any atom is -0.497 e. The van der Waals surface area contributed by atoms with Crippen molar-refractivity contribution in [3.8, 4) is 5.75 Å². The van der Waals surface area contributed by atoms with Crippen molar-refractivity contribution in [3.63, 3.8) is 0 Å². The molecule has 0 aromatic heterocycles. The van der Waals surface area contributed by atoms with E-state index in [1.54, 1.807) is 0 Å². The summed E-state index contributed by atoms with van der Waals surface area (Å²) in [5.74, 6) is 0.290. The zero-order valence-electron chi connectivity index (χ0n) is 11.8. The van der Waals surface area contributed by atoms with E-state index in [1.165, 1.54) is 19.2 Å². The van der Waals surface area contributed by atoms with Gasteiger partial charge in [-0.15, -0.1) is 24.0 Å². The smallest absolute Gasteiger partial charge is 0.416 e. The lowest BCUT2D eigenvalue weighted by atomic mass is 10.1. The van der Waals surface area contributed by atoms with E-state index in [0.29, 0.717) is 6.54 Å². The number of hydrogen-bond donors (Lipinski definition) is 2. The summed E-state index contributed by atoms with van der Waals surface area (Å²) < 4.78 is 43.6. The number of ether oxygens (including phenoxy) is 1. The quantitative estimate of drug-likeness (QED) is 0.440. The summed E-state index contributed by atoms with van der Waals surface area (Å²) in [6.45, 7) is 2.44. The van der Waals surface area contributed by atoms with Gasteiger partial charge in [0.25, 0.3) is 0 Å². The van der Waals surface area contributed by atoms with Crippen molar-refractivity contribution in [2.24, 2.45) is 10.7 Å². The highest BCUT2D eigenvalue weighted by atomic mass is 127. The molecule has 8 heteroatoms. The third kappa shape index (κ3) is 6.40.